The summed E-state index contributed by atoms with van der Waals surface area (Å²) < 4.78 is 25.0. The maximum atomic E-state index is 13.5. The standard InChI is InChI=1S/C26H25FN2O4/c1-3-13-28-26(31)24-11-10-22(33-24)16-32-21-9-6-18-12-14-29(17(2)30)25(23(18)15-21)19-4-7-20(27)8-5-19/h3-11,15,25H,1,12-14,16H2,2H3,(H,28,31). The van der Waals surface area contributed by atoms with Crippen molar-refractivity contribution >= 4 is 11.8 Å². The van der Waals surface area contributed by atoms with E-state index >= 15 is 0 Å². The van der Waals surface area contributed by atoms with Crippen LogP contribution in [0.25, 0.3) is 0 Å². The Morgan fingerprint density at radius 2 is 2.00 bits per heavy atom. The van der Waals surface area contributed by atoms with Crippen LogP contribution >= 0.6 is 0 Å². The summed E-state index contributed by atoms with van der Waals surface area (Å²) in [5.74, 6) is 0.643. The van der Waals surface area contributed by atoms with Gasteiger partial charge in [-0.2, -0.15) is 0 Å². The number of carbonyl (C=O) groups excluding carboxylic acids is 2. The van der Waals surface area contributed by atoms with E-state index in [9.17, 15) is 14.0 Å². The van der Waals surface area contributed by atoms with Gasteiger partial charge in [-0.15, -0.1) is 6.58 Å². The molecular weight excluding hydrogens is 423 g/mol. The van der Waals surface area contributed by atoms with Crippen molar-refractivity contribution in [2.24, 2.45) is 0 Å². The van der Waals surface area contributed by atoms with E-state index in [-0.39, 0.29) is 36.0 Å². The van der Waals surface area contributed by atoms with Crippen molar-refractivity contribution in [3.05, 3.63) is 101 Å². The molecule has 1 N–H and O–H groups in total. The lowest BCUT2D eigenvalue weighted by atomic mass is 9.88. The molecule has 2 amide bonds. The molecule has 3 aromatic rings. The van der Waals surface area contributed by atoms with Gasteiger partial charge in [0.25, 0.3) is 5.91 Å². The predicted octanol–water partition coefficient (Wildman–Crippen LogP) is 4.41. The van der Waals surface area contributed by atoms with Gasteiger partial charge in [0.1, 0.15) is 23.9 Å². The third kappa shape index (κ3) is 4.98. The van der Waals surface area contributed by atoms with E-state index in [2.05, 4.69) is 11.9 Å². The molecule has 1 aromatic heterocycles. The van der Waals surface area contributed by atoms with Gasteiger partial charge >= 0.3 is 0 Å². The van der Waals surface area contributed by atoms with Crippen LogP contribution in [0.1, 0.15) is 46.0 Å². The molecule has 0 bridgehead atoms. The van der Waals surface area contributed by atoms with Gasteiger partial charge < -0.3 is 19.4 Å². The Morgan fingerprint density at radius 3 is 2.73 bits per heavy atom. The Hall–Kier alpha value is -3.87. The monoisotopic (exact) mass is 448 g/mol. The van der Waals surface area contributed by atoms with Gasteiger partial charge in [0, 0.05) is 20.0 Å². The minimum Gasteiger partial charge on any atom is -0.486 e. The summed E-state index contributed by atoms with van der Waals surface area (Å²) in [6.45, 7) is 6.20. The molecule has 0 spiro atoms. The SMILES string of the molecule is C=CCNC(=O)c1ccc(COc2ccc3c(c2)C(c2ccc(F)cc2)N(C(C)=O)CC3)o1. The molecule has 7 heteroatoms. The number of fused-ring (bicyclic) bond motifs is 1. The van der Waals surface area contributed by atoms with Gasteiger partial charge in [0.05, 0.1) is 6.04 Å². The van der Waals surface area contributed by atoms with Gasteiger partial charge in [-0.3, -0.25) is 9.59 Å². The summed E-state index contributed by atoms with van der Waals surface area (Å²) in [4.78, 5) is 26.1. The van der Waals surface area contributed by atoms with E-state index in [1.165, 1.54) is 12.1 Å². The first-order valence-corrected chi connectivity index (χ1v) is 10.7. The zero-order valence-electron chi connectivity index (χ0n) is 18.3. The average molecular weight is 448 g/mol. The lowest BCUT2D eigenvalue weighted by molar-refractivity contribution is -0.130. The fourth-order valence-electron chi connectivity index (χ4n) is 4.01. The smallest absolute Gasteiger partial charge is 0.287 e. The molecule has 1 unspecified atom stereocenters. The van der Waals surface area contributed by atoms with Crippen molar-refractivity contribution in [2.75, 3.05) is 13.1 Å². The van der Waals surface area contributed by atoms with E-state index in [0.29, 0.717) is 24.6 Å². The minimum absolute atomic E-state index is 0.0425. The minimum atomic E-state index is -0.322. The molecule has 0 radical (unpaired) electrons. The summed E-state index contributed by atoms with van der Waals surface area (Å²) in [7, 11) is 0. The number of nitrogens with zero attached hydrogens (tertiary/aromatic N) is 1. The fraction of sp³-hybridized carbons (Fsp3) is 0.231. The second-order valence-electron chi connectivity index (χ2n) is 7.83. The van der Waals surface area contributed by atoms with Gasteiger partial charge in [-0.25, -0.2) is 4.39 Å². The molecule has 4 rings (SSSR count). The van der Waals surface area contributed by atoms with E-state index < -0.39 is 0 Å². The van der Waals surface area contributed by atoms with Crippen LogP contribution in [-0.4, -0.2) is 29.8 Å². The number of hydrogen-bond acceptors (Lipinski definition) is 4. The van der Waals surface area contributed by atoms with Crippen molar-refractivity contribution < 1.29 is 23.1 Å². The van der Waals surface area contributed by atoms with Crippen LogP contribution in [0.2, 0.25) is 0 Å². The largest absolute Gasteiger partial charge is 0.486 e. The number of carbonyl (C=O) groups is 2. The van der Waals surface area contributed by atoms with E-state index in [4.69, 9.17) is 9.15 Å². The summed E-state index contributed by atoms with van der Waals surface area (Å²) in [5, 5.41) is 2.66. The molecule has 33 heavy (non-hydrogen) atoms. The molecule has 6 nitrogen and oxygen atoms in total. The molecule has 1 atom stereocenters. The first kappa shape index (κ1) is 22.3. The second kappa shape index (κ2) is 9.73. The third-order valence-corrected chi connectivity index (χ3v) is 5.61. The molecule has 0 saturated carbocycles. The van der Waals surface area contributed by atoms with Gasteiger partial charge in [0.15, 0.2) is 5.76 Å². The molecule has 0 fully saturated rings. The van der Waals surface area contributed by atoms with E-state index in [0.717, 1.165) is 23.1 Å². The first-order valence-electron chi connectivity index (χ1n) is 10.7. The number of benzene rings is 2. The topological polar surface area (TPSA) is 71.8 Å². The lowest BCUT2D eigenvalue weighted by Gasteiger charge is -2.37. The summed E-state index contributed by atoms with van der Waals surface area (Å²) >= 11 is 0. The number of hydrogen-bond donors (Lipinski definition) is 1. The molecule has 1 aliphatic rings. The highest BCUT2D eigenvalue weighted by molar-refractivity contribution is 5.91. The molecular formula is C26H25FN2O4. The normalized spacial score (nSPS) is 15.0. The van der Waals surface area contributed by atoms with Crippen molar-refractivity contribution in [1.82, 2.24) is 10.2 Å². The van der Waals surface area contributed by atoms with Crippen LogP contribution in [0.3, 0.4) is 0 Å². The highest BCUT2D eigenvalue weighted by atomic mass is 19.1. The van der Waals surface area contributed by atoms with Crippen LogP contribution in [0.5, 0.6) is 5.75 Å². The van der Waals surface area contributed by atoms with Crippen LogP contribution in [-0.2, 0) is 17.8 Å². The summed E-state index contributed by atoms with van der Waals surface area (Å²) in [5.41, 5.74) is 2.91. The summed E-state index contributed by atoms with van der Waals surface area (Å²) in [6, 6.07) is 15.0. The van der Waals surface area contributed by atoms with Gasteiger partial charge in [0.2, 0.25) is 5.91 Å². The average Bonchev–Trinajstić information content (AvgIpc) is 3.30. The molecule has 2 heterocycles. The van der Waals surface area contributed by atoms with Crippen LogP contribution < -0.4 is 10.1 Å². The first-order chi connectivity index (χ1) is 16.0. The maximum absolute atomic E-state index is 13.5. The molecule has 0 saturated heterocycles. The highest BCUT2D eigenvalue weighted by Gasteiger charge is 2.31. The molecule has 1 aliphatic heterocycles. The Balaban J connectivity index is 1.55. The zero-order chi connectivity index (χ0) is 23.4. The van der Waals surface area contributed by atoms with Crippen LogP contribution in [0, 0.1) is 5.82 Å². The Kier molecular flexibility index (Phi) is 6.58. The van der Waals surface area contributed by atoms with Crippen molar-refractivity contribution in [3.8, 4) is 5.75 Å². The highest BCUT2D eigenvalue weighted by Crippen LogP contribution is 2.37. The molecule has 2 aromatic carbocycles. The maximum Gasteiger partial charge on any atom is 0.287 e. The Bertz CT molecular complexity index is 1170. The van der Waals surface area contributed by atoms with E-state index in [1.54, 1.807) is 42.2 Å². The number of ether oxygens (including phenoxy) is 1. The summed E-state index contributed by atoms with van der Waals surface area (Å²) in [6.07, 6.45) is 2.32. The van der Waals surface area contributed by atoms with E-state index in [1.807, 2.05) is 18.2 Å². The number of furan rings is 1. The van der Waals surface area contributed by atoms with Crippen molar-refractivity contribution in [3.63, 3.8) is 0 Å². The fourth-order valence-corrected chi connectivity index (χ4v) is 4.01. The number of nitrogens with one attached hydrogen (secondary N) is 1. The quantitative estimate of drug-likeness (QED) is 0.544. The second-order valence-corrected chi connectivity index (χ2v) is 7.83. The third-order valence-electron chi connectivity index (χ3n) is 5.61. The van der Waals surface area contributed by atoms with Crippen LogP contribution in [0.15, 0.2) is 71.7 Å². The van der Waals surface area contributed by atoms with Gasteiger partial charge in [-0.05, 0) is 59.5 Å². The van der Waals surface area contributed by atoms with Crippen molar-refractivity contribution in [1.29, 1.82) is 0 Å². The predicted molar refractivity (Wildman–Crippen MR) is 121 cm³/mol. The number of amides is 2. The number of rotatable bonds is 7. The Morgan fingerprint density at radius 1 is 1.21 bits per heavy atom. The van der Waals surface area contributed by atoms with Crippen LogP contribution in [0.4, 0.5) is 4.39 Å². The lowest BCUT2D eigenvalue weighted by Crippen LogP contribution is -2.39. The van der Waals surface area contributed by atoms with Gasteiger partial charge in [-0.1, -0.05) is 24.3 Å². The van der Waals surface area contributed by atoms with Crippen molar-refractivity contribution in [2.45, 2.75) is 26.0 Å². The molecule has 170 valence electrons. The molecule has 0 aliphatic carbocycles. The Labute approximate surface area is 191 Å². The zero-order valence-corrected chi connectivity index (χ0v) is 18.3. The number of halogens is 1.